The normalized spacial score (nSPS) is 10.9. The molecule has 3 amide bonds. The number of carbonyl (C=O) groups excluding carboxylic acids is 3. The molecule has 0 saturated heterocycles. The molecule has 602 valence electrons. The van der Waals surface area contributed by atoms with Gasteiger partial charge in [-0.05, 0) is 231 Å². The first-order valence-electron chi connectivity index (χ1n) is 36.5. The summed E-state index contributed by atoms with van der Waals surface area (Å²) < 4.78 is 77.2. The second-order valence-electron chi connectivity index (χ2n) is 26.2. The Morgan fingerprint density at radius 2 is 0.549 bits per heavy atom. The van der Waals surface area contributed by atoms with Crippen LogP contribution in [0.3, 0.4) is 0 Å². The number of carbonyl (C=O) groups is 3. The molecule has 0 N–H and O–H groups in total. The molecule has 113 heavy (non-hydrogen) atoms. The third-order valence-corrected chi connectivity index (χ3v) is 21.5. The summed E-state index contributed by atoms with van der Waals surface area (Å²) in [6.45, 7) is 16.9. The number of hydrogen-bond acceptors (Lipinski definition) is 12. The van der Waals surface area contributed by atoms with Crippen LogP contribution in [0.1, 0.15) is 89.1 Å². The fourth-order valence-electron chi connectivity index (χ4n) is 12.4. The number of methoxy groups -OCH3 is 5. The van der Waals surface area contributed by atoms with Gasteiger partial charge in [0.2, 0.25) is 37.8 Å². The number of anilines is 5. The number of hydrogen-bond donors (Lipinski definition) is 0. The van der Waals surface area contributed by atoms with Crippen molar-refractivity contribution in [2.75, 3.05) is 105 Å². The Labute approximate surface area is 693 Å². The molecule has 0 fully saturated rings. The summed E-state index contributed by atoms with van der Waals surface area (Å²) >= 11 is 29.7. The lowest BCUT2D eigenvalue weighted by Crippen LogP contribution is -2.30. The molecular formula is C89H102Cl5N5O12S2. The van der Waals surface area contributed by atoms with Crippen LogP contribution in [0.15, 0.2) is 212 Å². The van der Waals surface area contributed by atoms with Gasteiger partial charge in [-0.3, -0.25) is 23.0 Å². The fraction of sp³-hybridized carbons (Fsp3) is 0.292. The van der Waals surface area contributed by atoms with E-state index in [4.69, 9.17) is 81.7 Å². The van der Waals surface area contributed by atoms with Crippen molar-refractivity contribution in [1.82, 2.24) is 0 Å². The number of halogens is 5. The number of ether oxygens (including phenoxy) is 5. The van der Waals surface area contributed by atoms with E-state index in [0.29, 0.717) is 95.7 Å². The summed E-state index contributed by atoms with van der Waals surface area (Å²) in [5, 5.41) is 3.48. The first-order chi connectivity index (χ1) is 53.9. The minimum atomic E-state index is -3.32. The van der Waals surface area contributed by atoms with Gasteiger partial charge in [-0.25, -0.2) is 16.8 Å². The lowest BCUT2D eigenvalue weighted by molar-refractivity contribution is -0.117. The molecule has 17 nitrogen and oxygen atoms in total. The number of amides is 3. The van der Waals surface area contributed by atoms with Crippen LogP contribution >= 0.6 is 58.0 Å². The summed E-state index contributed by atoms with van der Waals surface area (Å²) in [6.07, 6.45) is 4.09. The standard InChI is InChI=1S/C19H22ClNO2.C18H22ClNO3S.C18H20ClNO2.C17H20ClNO3S.C17H18ClNO2/c1-4-11-21(14(2)22)18-9-10-19(16(12-18)13-23-3)15-5-7-17(20)8-6-15;1-4-11-20(24(3,21)22)17-9-10-18(15(12-17)13-23-2)14-5-7-16(19)8-6-14;1-4-20(13(2)21)17-9-10-18(15(11-17)12-22-3)14-5-7-16(19)8-6-14;1-4-19(23(3,20)21)16-9-10-17(14(11-16)12-22-2)13-5-7-15(18)8-6-13;1-12(20)19(2)16-8-9-17(14(10-16)11-21-3)13-4-6-15(18)7-5-13/h5-10,12H,4,11,13H2,1-3H3;5-10,12H,4,11,13H2,1-3H3;5-11H,4,12H2,1-3H3;5-11H,4,12H2,1-3H3;4-10H,11H2,1-3H3. The molecule has 0 unspecified atom stereocenters. The van der Waals surface area contributed by atoms with Crippen LogP contribution in [0.25, 0.3) is 55.6 Å². The SMILES string of the molecule is CCCN(C(C)=O)c1ccc(-c2ccc(Cl)cc2)c(COC)c1.CCCN(c1ccc(-c2ccc(Cl)cc2)c(COC)c1)S(C)(=O)=O.CCN(C(C)=O)c1ccc(-c2ccc(Cl)cc2)c(COC)c1.CCN(c1ccc(-c2ccc(Cl)cc2)c(COC)c1)S(C)(=O)=O.COCc1cc(N(C)C(C)=O)ccc1-c1ccc(Cl)cc1. The lowest BCUT2D eigenvalue weighted by atomic mass is 9.99. The Hall–Kier alpha value is -8.64. The van der Waals surface area contributed by atoms with Crippen LogP contribution in [0.2, 0.25) is 25.1 Å². The zero-order valence-electron chi connectivity index (χ0n) is 66.8. The maximum atomic E-state index is 12.1. The predicted octanol–water partition coefficient (Wildman–Crippen LogP) is 21.8. The number of rotatable bonds is 28. The Morgan fingerprint density at radius 3 is 0.779 bits per heavy atom. The van der Waals surface area contributed by atoms with Gasteiger partial charge in [0.1, 0.15) is 0 Å². The van der Waals surface area contributed by atoms with Gasteiger partial charge in [0.05, 0.1) is 56.9 Å². The number of sulfonamides is 2. The second-order valence-corrected chi connectivity index (χ2v) is 32.2. The van der Waals surface area contributed by atoms with Gasteiger partial charge < -0.3 is 38.4 Å². The van der Waals surface area contributed by atoms with E-state index in [2.05, 4.69) is 6.92 Å². The summed E-state index contributed by atoms with van der Waals surface area (Å²) in [6, 6.07) is 67.4. The highest BCUT2D eigenvalue weighted by molar-refractivity contribution is 7.92. The third-order valence-electron chi connectivity index (χ3n) is 17.8. The van der Waals surface area contributed by atoms with Gasteiger partial charge in [0.15, 0.2) is 0 Å². The van der Waals surface area contributed by atoms with Crippen molar-refractivity contribution in [1.29, 1.82) is 0 Å². The van der Waals surface area contributed by atoms with E-state index in [1.165, 1.54) is 21.1 Å². The van der Waals surface area contributed by atoms with Crippen LogP contribution in [0, 0.1) is 0 Å². The molecule has 0 aliphatic heterocycles. The van der Waals surface area contributed by atoms with Gasteiger partial charge in [-0.15, -0.1) is 0 Å². The van der Waals surface area contributed by atoms with Gasteiger partial charge in [0, 0.05) is 132 Å². The molecule has 0 aliphatic rings. The van der Waals surface area contributed by atoms with Gasteiger partial charge in [-0.2, -0.15) is 0 Å². The smallest absolute Gasteiger partial charge is 0.232 e. The fourth-order valence-corrected chi connectivity index (χ4v) is 15.1. The molecule has 24 heteroatoms. The van der Waals surface area contributed by atoms with E-state index in [9.17, 15) is 31.2 Å². The van der Waals surface area contributed by atoms with Crippen LogP contribution < -0.4 is 23.3 Å². The zero-order valence-corrected chi connectivity index (χ0v) is 72.2. The van der Waals surface area contributed by atoms with Crippen LogP contribution in [0.4, 0.5) is 28.4 Å². The largest absolute Gasteiger partial charge is 0.380 e. The van der Waals surface area contributed by atoms with Crippen molar-refractivity contribution >= 4 is 124 Å². The first kappa shape index (κ1) is 93.2. The average molecular weight is 1680 g/mol. The van der Waals surface area contributed by atoms with Crippen LogP contribution in [-0.4, -0.2) is 116 Å². The molecule has 0 aliphatic carbocycles. The maximum Gasteiger partial charge on any atom is 0.232 e. The zero-order chi connectivity index (χ0) is 83.1. The molecular weight excluding hydrogens is 1570 g/mol. The molecule has 10 aromatic carbocycles. The van der Waals surface area contributed by atoms with Gasteiger partial charge in [0.25, 0.3) is 0 Å². The van der Waals surface area contributed by atoms with E-state index in [-0.39, 0.29) is 17.7 Å². The van der Waals surface area contributed by atoms with Crippen LogP contribution in [-0.2, 0) is 91.1 Å². The van der Waals surface area contributed by atoms with Crippen molar-refractivity contribution in [2.24, 2.45) is 0 Å². The number of benzene rings is 10. The summed E-state index contributed by atoms with van der Waals surface area (Å²) in [5.74, 6) is 0.0807. The van der Waals surface area contributed by atoms with Crippen molar-refractivity contribution in [2.45, 2.75) is 94.3 Å². The molecule has 0 saturated carbocycles. The molecule has 10 aromatic rings. The minimum absolute atomic E-state index is 0.00221. The van der Waals surface area contributed by atoms with E-state index in [1.54, 1.807) is 78.1 Å². The van der Waals surface area contributed by atoms with Crippen LogP contribution in [0.5, 0.6) is 0 Å². The average Bonchev–Trinajstić information content (AvgIpc) is 0.792. The lowest BCUT2D eigenvalue weighted by Gasteiger charge is -2.23. The van der Waals surface area contributed by atoms with Crippen molar-refractivity contribution < 1.29 is 54.9 Å². The highest BCUT2D eigenvalue weighted by atomic mass is 35.5. The van der Waals surface area contributed by atoms with Crippen molar-refractivity contribution in [3.05, 3.63) is 265 Å². The van der Waals surface area contributed by atoms with E-state index >= 15 is 0 Å². The van der Waals surface area contributed by atoms with Crippen molar-refractivity contribution in [3.63, 3.8) is 0 Å². The molecule has 0 heterocycles. The van der Waals surface area contributed by atoms with Crippen molar-refractivity contribution in [3.8, 4) is 55.6 Å². The minimum Gasteiger partial charge on any atom is -0.380 e. The summed E-state index contributed by atoms with van der Waals surface area (Å²) in [4.78, 5) is 40.2. The Bertz CT molecular complexity index is 4970. The molecule has 10 rings (SSSR count). The molecule has 0 radical (unpaired) electrons. The van der Waals surface area contributed by atoms with E-state index < -0.39 is 20.0 Å². The Kier molecular flexibility index (Phi) is 38.0. The quantitative estimate of drug-likeness (QED) is 0.0453. The Balaban J connectivity index is 0.000000220. The molecule has 0 atom stereocenters. The number of nitrogens with zero attached hydrogens (tertiary/aromatic N) is 5. The monoisotopic (exact) mass is 1670 g/mol. The molecule has 0 aromatic heterocycles. The topological polar surface area (TPSA) is 182 Å². The van der Waals surface area contributed by atoms with E-state index in [1.807, 2.05) is 233 Å². The first-order valence-corrected chi connectivity index (χ1v) is 42.1. The molecule has 0 spiro atoms. The third kappa shape index (κ3) is 27.8. The summed E-state index contributed by atoms with van der Waals surface area (Å²) in [7, 11) is 3.37. The highest BCUT2D eigenvalue weighted by Crippen LogP contribution is 2.36. The second kappa shape index (κ2) is 46.0. The summed E-state index contributed by atoms with van der Waals surface area (Å²) in [5.41, 5.74) is 19.4. The highest BCUT2D eigenvalue weighted by Gasteiger charge is 2.22. The van der Waals surface area contributed by atoms with Gasteiger partial charge in [-0.1, -0.05) is 163 Å². The van der Waals surface area contributed by atoms with E-state index in [0.717, 1.165) is 113 Å². The Morgan fingerprint density at radius 1 is 0.310 bits per heavy atom. The maximum absolute atomic E-state index is 12.1. The van der Waals surface area contributed by atoms with Gasteiger partial charge >= 0.3 is 0 Å². The predicted molar refractivity (Wildman–Crippen MR) is 469 cm³/mol. The molecule has 0 bridgehead atoms.